The molecule has 126 valence electrons. The quantitative estimate of drug-likeness (QED) is 0.861. The predicted molar refractivity (Wildman–Crippen MR) is 95.1 cm³/mol. The molecule has 1 aromatic heterocycles. The van der Waals surface area contributed by atoms with E-state index < -0.39 is 0 Å². The molecule has 1 saturated heterocycles. The van der Waals surface area contributed by atoms with E-state index in [1.807, 2.05) is 36.2 Å². The van der Waals surface area contributed by atoms with E-state index in [-0.39, 0.29) is 17.7 Å². The molecule has 6 heteroatoms. The van der Waals surface area contributed by atoms with Gasteiger partial charge in [0.15, 0.2) is 5.13 Å². The Hall–Kier alpha value is -1.95. The second kappa shape index (κ2) is 6.16. The number of fused-ring (bicyclic) bond motifs is 1. The molecule has 1 aromatic carbocycles. The average molecular weight is 343 g/mol. The number of aromatic nitrogens is 1. The number of hydrogen-bond acceptors (Lipinski definition) is 4. The number of anilines is 1. The van der Waals surface area contributed by atoms with Gasteiger partial charge in [0.25, 0.3) is 0 Å². The molecule has 0 atom stereocenters. The summed E-state index contributed by atoms with van der Waals surface area (Å²) < 4.78 is 1.09. The topological polar surface area (TPSA) is 53.5 Å². The molecular weight excluding hydrogens is 322 g/mol. The number of benzene rings is 1. The zero-order valence-corrected chi connectivity index (χ0v) is 14.6. The second-order valence-electron chi connectivity index (χ2n) is 6.74. The molecule has 2 heterocycles. The summed E-state index contributed by atoms with van der Waals surface area (Å²) in [6.07, 6.45) is 3.59. The van der Waals surface area contributed by atoms with Crippen molar-refractivity contribution in [3.8, 4) is 0 Å². The molecule has 0 N–H and O–H groups in total. The molecule has 2 aromatic rings. The Labute approximate surface area is 145 Å². The van der Waals surface area contributed by atoms with Gasteiger partial charge in [0.1, 0.15) is 0 Å². The fourth-order valence-electron chi connectivity index (χ4n) is 3.31. The highest BCUT2D eigenvalue weighted by atomic mass is 32.1. The van der Waals surface area contributed by atoms with Crippen LogP contribution in [-0.4, -0.2) is 41.8 Å². The number of nitrogens with zero attached hydrogens (tertiary/aromatic N) is 3. The van der Waals surface area contributed by atoms with E-state index in [4.69, 9.17) is 0 Å². The molecule has 1 aliphatic heterocycles. The van der Waals surface area contributed by atoms with Gasteiger partial charge in [0.05, 0.1) is 10.2 Å². The van der Waals surface area contributed by atoms with Gasteiger partial charge in [-0.3, -0.25) is 14.5 Å². The summed E-state index contributed by atoms with van der Waals surface area (Å²) in [5.74, 6) is 0.668. The largest absolute Gasteiger partial charge is 0.342 e. The summed E-state index contributed by atoms with van der Waals surface area (Å²) in [5, 5.41) is 0.748. The van der Waals surface area contributed by atoms with Crippen LogP contribution < -0.4 is 4.90 Å². The molecule has 5 nitrogen and oxygen atoms in total. The van der Waals surface area contributed by atoms with E-state index in [1.54, 1.807) is 16.2 Å². The Morgan fingerprint density at radius 3 is 2.50 bits per heavy atom. The van der Waals surface area contributed by atoms with E-state index >= 15 is 0 Å². The lowest BCUT2D eigenvalue weighted by Gasteiger charge is -2.32. The first-order chi connectivity index (χ1) is 11.6. The maximum absolute atomic E-state index is 12.8. The van der Waals surface area contributed by atoms with Crippen molar-refractivity contribution in [1.82, 2.24) is 9.88 Å². The Bertz CT molecular complexity index is 742. The van der Waals surface area contributed by atoms with Crippen LogP contribution in [0.4, 0.5) is 5.13 Å². The summed E-state index contributed by atoms with van der Waals surface area (Å²) in [5.41, 5.74) is 0.932. The summed E-state index contributed by atoms with van der Waals surface area (Å²) in [6.45, 7) is 1.42. The number of piperidine rings is 1. The van der Waals surface area contributed by atoms with Gasteiger partial charge in [-0.2, -0.15) is 0 Å². The number of thiazole rings is 1. The molecule has 0 radical (unpaired) electrons. The molecule has 2 fully saturated rings. The van der Waals surface area contributed by atoms with E-state index in [0.717, 1.165) is 41.0 Å². The lowest BCUT2D eigenvalue weighted by Crippen LogP contribution is -2.44. The van der Waals surface area contributed by atoms with E-state index in [9.17, 15) is 9.59 Å². The minimum Gasteiger partial charge on any atom is -0.342 e. The van der Waals surface area contributed by atoms with Gasteiger partial charge in [-0.1, -0.05) is 23.5 Å². The zero-order valence-electron chi connectivity index (χ0n) is 13.8. The van der Waals surface area contributed by atoms with Crippen LogP contribution in [-0.2, 0) is 9.59 Å². The van der Waals surface area contributed by atoms with Gasteiger partial charge in [-0.05, 0) is 37.8 Å². The lowest BCUT2D eigenvalue weighted by molar-refractivity contribution is -0.136. The molecule has 4 rings (SSSR count). The van der Waals surface area contributed by atoms with Gasteiger partial charge in [0.2, 0.25) is 11.8 Å². The summed E-state index contributed by atoms with van der Waals surface area (Å²) in [6, 6.07) is 7.94. The first kappa shape index (κ1) is 15.6. The number of rotatable bonds is 3. The van der Waals surface area contributed by atoms with Crippen LogP contribution >= 0.6 is 11.3 Å². The number of carbonyl (C=O) groups is 2. The third kappa shape index (κ3) is 2.90. The van der Waals surface area contributed by atoms with Crippen molar-refractivity contribution in [2.24, 2.45) is 11.8 Å². The molecule has 2 amide bonds. The molecule has 1 saturated carbocycles. The number of likely N-dealkylation sites (tertiary alicyclic amines) is 1. The third-order valence-corrected chi connectivity index (χ3v) is 6.10. The van der Waals surface area contributed by atoms with Crippen LogP contribution in [0, 0.1) is 11.8 Å². The van der Waals surface area contributed by atoms with E-state index in [1.165, 1.54) is 0 Å². The van der Waals surface area contributed by atoms with Crippen LogP contribution in [0.3, 0.4) is 0 Å². The standard InChI is InChI=1S/C18H21N3O2S/c1-20(18-19-14-4-2-3-5-15(14)24-18)16(22)13-8-10-21(11-9-13)17(23)12-6-7-12/h2-5,12-13H,6-11H2,1H3. The summed E-state index contributed by atoms with van der Waals surface area (Å²) in [7, 11) is 1.81. The first-order valence-corrected chi connectivity index (χ1v) is 9.37. The maximum Gasteiger partial charge on any atom is 0.231 e. The number of amides is 2. The Morgan fingerprint density at radius 2 is 1.83 bits per heavy atom. The highest BCUT2D eigenvalue weighted by molar-refractivity contribution is 7.22. The number of para-hydroxylation sites is 1. The lowest BCUT2D eigenvalue weighted by atomic mass is 9.95. The van der Waals surface area contributed by atoms with Crippen LogP contribution in [0.15, 0.2) is 24.3 Å². The third-order valence-electron chi connectivity index (χ3n) is 4.98. The number of hydrogen-bond donors (Lipinski definition) is 0. The van der Waals surface area contributed by atoms with Gasteiger partial charge in [0, 0.05) is 32.0 Å². The molecule has 1 aliphatic carbocycles. The molecule has 0 bridgehead atoms. The molecule has 0 unspecified atom stereocenters. The summed E-state index contributed by atoms with van der Waals surface area (Å²) in [4.78, 5) is 33.1. The fourth-order valence-corrected chi connectivity index (χ4v) is 4.24. The van der Waals surface area contributed by atoms with Crippen LogP contribution in [0.25, 0.3) is 10.2 Å². The first-order valence-electron chi connectivity index (χ1n) is 8.55. The highest BCUT2D eigenvalue weighted by Gasteiger charge is 2.36. The Balaban J connectivity index is 1.41. The van der Waals surface area contributed by atoms with Crippen LogP contribution in [0.1, 0.15) is 25.7 Å². The second-order valence-corrected chi connectivity index (χ2v) is 7.74. The highest BCUT2D eigenvalue weighted by Crippen LogP contribution is 2.33. The van der Waals surface area contributed by atoms with Crippen molar-refractivity contribution in [2.75, 3.05) is 25.0 Å². The molecule has 24 heavy (non-hydrogen) atoms. The van der Waals surface area contributed by atoms with Crippen molar-refractivity contribution < 1.29 is 9.59 Å². The van der Waals surface area contributed by atoms with Gasteiger partial charge >= 0.3 is 0 Å². The predicted octanol–water partition coefficient (Wildman–Crippen LogP) is 2.91. The smallest absolute Gasteiger partial charge is 0.231 e. The minimum absolute atomic E-state index is 0.00901. The van der Waals surface area contributed by atoms with Crippen molar-refractivity contribution >= 4 is 38.5 Å². The van der Waals surface area contributed by atoms with Gasteiger partial charge < -0.3 is 4.90 Å². The van der Waals surface area contributed by atoms with Crippen LogP contribution in [0.2, 0.25) is 0 Å². The fraction of sp³-hybridized carbons (Fsp3) is 0.500. The molecule has 0 spiro atoms. The van der Waals surface area contributed by atoms with E-state index in [2.05, 4.69) is 4.98 Å². The maximum atomic E-state index is 12.8. The average Bonchev–Trinajstić information content (AvgIpc) is 3.38. The van der Waals surface area contributed by atoms with Crippen molar-refractivity contribution in [2.45, 2.75) is 25.7 Å². The van der Waals surface area contributed by atoms with Crippen LogP contribution in [0.5, 0.6) is 0 Å². The monoisotopic (exact) mass is 343 g/mol. The Kier molecular flexibility index (Phi) is 4.00. The van der Waals surface area contributed by atoms with Crippen molar-refractivity contribution in [3.05, 3.63) is 24.3 Å². The van der Waals surface area contributed by atoms with Crippen molar-refractivity contribution in [1.29, 1.82) is 0 Å². The molecule has 2 aliphatic rings. The zero-order chi connectivity index (χ0) is 16.7. The van der Waals surface area contributed by atoms with Gasteiger partial charge in [-0.25, -0.2) is 4.98 Å². The van der Waals surface area contributed by atoms with Gasteiger partial charge in [-0.15, -0.1) is 0 Å². The van der Waals surface area contributed by atoms with E-state index in [0.29, 0.717) is 19.0 Å². The SMILES string of the molecule is CN(C(=O)C1CCN(C(=O)C2CC2)CC1)c1nc2ccccc2s1. The molecular formula is C18H21N3O2S. The number of carbonyl (C=O) groups excluding carboxylic acids is 2. The summed E-state index contributed by atoms with van der Waals surface area (Å²) >= 11 is 1.54. The minimum atomic E-state index is -0.00901. The normalized spacial score (nSPS) is 18.8. The Morgan fingerprint density at radius 1 is 1.12 bits per heavy atom. The van der Waals surface area contributed by atoms with Crippen molar-refractivity contribution in [3.63, 3.8) is 0 Å².